The van der Waals surface area contributed by atoms with E-state index in [0.29, 0.717) is 11.3 Å². The molecular formula is C21H22N2O7. The fourth-order valence-corrected chi connectivity index (χ4v) is 2.37. The van der Waals surface area contributed by atoms with Gasteiger partial charge >= 0.3 is 5.97 Å². The number of nitrogens with one attached hydrogen (secondary N) is 1. The predicted octanol–water partition coefficient (Wildman–Crippen LogP) is 2.57. The number of rotatable bonds is 12. The van der Waals surface area contributed by atoms with Crippen molar-refractivity contribution in [3.05, 3.63) is 70.3 Å². The number of amides is 1. The number of Topliss-reactive ketones (excluding diaryl/α,β-unsaturated/α-hetero) is 1. The Morgan fingerprint density at radius 1 is 0.933 bits per heavy atom. The van der Waals surface area contributed by atoms with Gasteiger partial charge in [-0.15, -0.1) is 0 Å². The average Bonchev–Trinajstić information content (AvgIpc) is 2.76. The molecule has 0 saturated carbocycles. The van der Waals surface area contributed by atoms with E-state index in [0.717, 1.165) is 0 Å². The Kier molecular flexibility index (Phi) is 8.98. The van der Waals surface area contributed by atoms with Crippen LogP contribution in [-0.4, -0.2) is 35.7 Å². The van der Waals surface area contributed by atoms with Gasteiger partial charge in [-0.1, -0.05) is 18.2 Å². The lowest BCUT2D eigenvalue weighted by atomic mass is 10.1. The van der Waals surface area contributed by atoms with Gasteiger partial charge in [-0.2, -0.15) is 0 Å². The van der Waals surface area contributed by atoms with Crippen LogP contribution in [0.5, 0.6) is 5.75 Å². The van der Waals surface area contributed by atoms with Gasteiger partial charge in [0.1, 0.15) is 18.1 Å². The SMILES string of the molecule is O=C(CCNC(=O)COc1ccccc1)CCC(=O)OCc1ccc([N+](=O)[O-])cc1. The molecule has 0 heterocycles. The molecule has 0 aliphatic rings. The van der Waals surface area contributed by atoms with E-state index in [9.17, 15) is 24.5 Å². The van der Waals surface area contributed by atoms with E-state index in [4.69, 9.17) is 9.47 Å². The minimum Gasteiger partial charge on any atom is -0.484 e. The van der Waals surface area contributed by atoms with Gasteiger partial charge in [0.2, 0.25) is 0 Å². The molecule has 0 unspecified atom stereocenters. The van der Waals surface area contributed by atoms with Crippen LogP contribution in [-0.2, 0) is 25.7 Å². The van der Waals surface area contributed by atoms with E-state index >= 15 is 0 Å². The Morgan fingerprint density at radius 2 is 1.63 bits per heavy atom. The molecule has 0 atom stereocenters. The molecule has 9 nitrogen and oxygen atoms in total. The number of hydrogen-bond donors (Lipinski definition) is 1. The number of ether oxygens (including phenoxy) is 2. The van der Waals surface area contributed by atoms with Crippen molar-refractivity contribution in [2.24, 2.45) is 0 Å². The third-order valence-electron chi connectivity index (χ3n) is 3.99. The maximum absolute atomic E-state index is 11.8. The molecule has 0 saturated heterocycles. The fraction of sp³-hybridized carbons (Fsp3) is 0.286. The van der Waals surface area contributed by atoms with Crippen molar-refractivity contribution in [1.29, 1.82) is 0 Å². The van der Waals surface area contributed by atoms with Crippen LogP contribution in [0.25, 0.3) is 0 Å². The van der Waals surface area contributed by atoms with E-state index in [1.54, 1.807) is 24.3 Å². The molecule has 2 aromatic carbocycles. The fourth-order valence-electron chi connectivity index (χ4n) is 2.37. The van der Waals surface area contributed by atoms with Crippen LogP contribution < -0.4 is 10.1 Å². The highest BCUT2D eigenvalue weighted by molar-refractivity contribution is 5.84. The van der Waals surface area contributed by atoms with Crippen molar-refractivity contribution < 1.29 is 28.8 Å². The molecule has 1 N–H and O–H groups in total. The van der Waals surface area contributed by atoms with E-state index < -0.39 is 10.9 Å². The van der Waals surface area contributed by atoms with Crippen LogP contribution in [0.2, 0.25) is 0 Å². The van der Waals surface area contributed by atoms with Crippen molar-refractivity contribution in [1.82, 2.24) is 5.32 Å². The van der Waals surface area contributed by atoms with Crippen molar-refractivity contribution >= 4 is 23.3 Å². The molecule has 0 fully saturated rings. The quantitative estimate of drug-likeness (QED) is 0.321. The van der Waals surface area contributed by atoms with Crippen LogP contribution in [0, 0.1) is 10.1 Å². The van der Waals surface area contributed by atoms with Gasteiger partial charge in [0, 0.05) is 31.5 Å². The van der Waals surface area contributed by atoms with E-state index in [1.165, 1.54) is 24.3 Å². The number of hydrogen-bond acceptors (Lipinski definition) is 7. The molecule has 0 aromatic heterocycles. The number of ketones is 1. The Hall–Kier alpha value is -3.75. The van der Waals surface area contributed by atoms with Crippen molar-refractivity contribution in [3.63, 3.8) is 0 Å². The molecule has 2 aromatic rings. The maximum Gasteiger partial charge on any atom is 0.306 e. The lowest BCUT2D eigenvalue weighted by molar-refractivity contribution is -0.384. The molecule has 0 radical (unpaired) electrons. The topological polar surface area (TPSA) is 125 Å². The summed E-state index contributed by atoms with van der Waals surface area (Å²) < 4.78 is 10.3. The summed E-state index contributed by atoms with van der Waals surface area (Å²) in [6.45, 7) is -0.0106. The van der Waals surface area contributed by atoms with Gasteiger partial charge in [-0.05, 0) is 29.8 Å². The summed E-state index contributed by atoms with van der Waals surface area (Å²) in [5, 5.41) is 13.2. The number of nitro groups is 1. The standard InChI is InChI=1S/C21H22N2O7/c24-18(12-13-22-20(25)15-29-19-4-2-1-3-5-19)10-11-21(26)30-14-16-6-8-17(9-7-16)23(27)28/h1-9H,10-15H2,(H,22,25). The summed E-state index contributed by atoms with van der Waals surface area (Å²) in [5.74, 6) is -0.473. The number of benzene rings is 2. The van der Waals surface area contributed by atoms with Gasteiger partial charge in [-0.3, -0.25) is 24.5 Å². The number of nitro benzene ring substituents is 1. The Bertz CT molecular complexity index is 867. The van der Waals surface area contributed by atoms with Crippen molar-refractivity contribution in [3.8, 4) is 5.75 Å². The smallest absolute Gasteiger partial charge is 0.306 e. The molecule has 9 heteroatoms. The largest absolute Gasteiger partial charge is 0.484 e. The number of carbonyl (C=O) groups excluding carboxylic acids is 3. The summed E-state index contributed by atoms with van der Waals surface area (Å²) in [6, 6.07) is 14.5. The zero-order chi connectivity index (χ0) is 21.8. The second-order valence-electron chi connectivity index (χ2n) is 6.32. The number of nitrogens with zero attached hydrogens (tertiary/aromatic N) is 1. The molecule has 30 heavy (non-hydrogen) atoms. The molecular weight excluding hydrogens is 392 g/mol. The van der Waals surface area contributed by atoms with E-state index in [2.05, 4.69) is 5.32 Å². The van der Waals surface area contributed by atoms with Gasteiger partial charge < -0.3 is 14.8 Å². The second-order valence-corrected chi connectivity index (χ2v) is 6.32. The highest BCUT2D eigenvalue weighted by Gasteiger charge is 2.10. The third kappa shape index (κ3) is 8.51. The van der Waals surface area contributed by atoms with Gasteiger partial charge in [0.25, 0.3) is 11.6 Å². The highest BCUT2D eigenvalue weighted by Crippen LogP contribution is 2.13. The van der Waals surface area contributed by atoms with E-state index in [1.807, 2.05) is 6.07 Å². The van der Waals surface area contributed by atoms with Crippen LogP contribution in [0.1, 0.15) is 24.8 Å². The summed E-state index contributed by atoms with van der Waals surface area (Å²) in [5.41, 5.74) is 0.565. The molecule has 0 bridgehead atoms. The van der Waals surface area contributed by atoms with Gasteiger partial charge in [0.05, 0.1) is 11.3 Å². The number of esters is 1. The number of carbonyl (C=O) groups is 3. The minimum absolute atomic E-state index is 0.00941. The first-order valence-electron chi connectivity index (χ1n) is 9.29. The Morgan fingerprint density at radius 3 is 2.30 bits per heavy atom. The lowest BCUT2D eigenvalue weighted by Gasteiger charge is -2.07. The third-order valence-corrected chi connectivity index (χ3v) is 3.99. The van der Waals surface area contributed by atoms with Gasteiger partial charge in [-0.25, -0.2) is 0 Å². The van der Waals surface area contributed by atoms with Crippen LogP contribution in [0.15, 0.2) is 54.6 Å². The maximum atomic E-state index is 11.8. The van der Waals surface area contributed by atoms with E-state index in [-0.39, 0.29) is 56.4 Å². The molecule has 0 aliphatic carbocycles. The summed E-state index contributed by atoms with van der Waals surface area (Å²) in [6.07, 6.45) is 0.0407. The first-order valence-corrected chi connectivity index (χ1v) is 9.29. The molecule has 0 spiro atoms. The average molecular weight is 414 g/mol. The molecule has 2 rings (SSSR count). The van der Waals surface area contributed by atoms with Crippen LogP contribution in [0.4, 0.5) is 5.69 Å². The van der Waals surface area contributed by atoms with Crippen molar-refractivity contribution in [2.75, 3.05) is 13.2 Å². The van der Waals surface area contributed by atoms with Crippen LogP contribution >= 0.6 is 0 Å². The molecule has 1 amide bonds. The first-order chi connectivity index (χ1) is 14.4. The highest BCUT2D eigenvalue weighted by atomic mass is 16.6. The summed E-state index contributed by atoms with van der Waals surface area (Å²) in [4.78, 5) is 45.3. The van der Waals surface area contributed by atoms with Gasteiger partial charge in [0.15, 0.2) is 6.61 Å². The van der Waals surface area contributed by atoms with Crippen LogP contribution in [0.3, 0.4) is 0 Å². The zero-order valence-electron chi connectivity index (χ0n) is 16.2. The first kappa shape index (κ1) is 22.5. The molecule has 158 valence electrons. The Labute approximate surface area is 173 Å². The minimum atomic E-state index is -0.540. The monoisotopic (exact) mass is 414 g/mol. The summed E-state index contributed by atoms with van der Waals surface area (Å²) in [7, 11) is 0. The number of non-ortho nitro benzene ring substituents is 1. The lowest BCUT2D eigenvalue weighted by Crippen LogP contribution is -2.30. The predicted molar refractivity (Wildman–Crippen MR) is 107 cm³/mol. The number of para-hydroxylation sites is 1. The Balaban J connectivity index is 1.55. The van der Waals surface area contributed by atoms with Crippen molar-refractivity contribution in [2.45, 2.75) is 25.9 Å². The second kappa shape index (κ2) is 11.9. The zero-order valence-corrected chi connectivity index (χ0v) is 16.2. The normalized spacial score (nSPS) is 10.1. The summed E-state index contributed by atoms with van der Waals surface area (Å²) >= 11 is 0. The molecule has 0 aliphatic heterocycles.